The van der Waals surface area contributed by atoms with E-state index in [4.69, 9.17) is 15.4 Å². The lowest BCUT2D eigenvalue weighted by molar-refractivity contribution is 0.140. The Morgan fingerprint density at radius 2 is 1.67 bits per heavy atom. The third-order valence-corrected chi connectivity index (χ3v) is 2.22. The Labute approximate surface area is 89.9 Å². The van der Waals surface area contributed by atoms with Crippen molar-refractivity contribution in [1.29, 1.82) is 0 Å². The largest absolute Gasteiger partial charge is 0.496 e. The predicted molar refractivity (Wildman–Crippen MR) is 58.1 cm³/mol. The van der Waals surface area contributed by atoms with E-state index in [-0.39, 0.29) is 0 Å². The molecule has 4 heteroatoms. The van der Waals surface area contributed by atoms with E-state index in [1.54, 1.807) is 14.2 Å². The smallest absolute Gasteiger partial charge is 0.126 e. The molecular formula is C11H17NO3. The summed E-state index contributed by atoms with van der Waals surface area (Å²) in [5.41, 5.74) is 2.08. The Bertz CT molecular complexity index is 301. The predicted octanol–water partition coefficient (Wildman–Crippen LogP) is 1.45. The van der Waals surface area contributed by atoms with Crippen LogP contribution in [0.25, 0.3) is 0 Å². The SMILES string of the molecule is COc1cc(C)cc(OC)c1CCON. The first-order valence-electron chi connectivity index (χ1n) is 4.76. The Morgan fingerprint density at radius 3 is 2.07 bits per heavy atom. The van der Waals surface area contributed by atoms with Crippen LogP contribution >= 0.6 is 0 Å². The van der Waals surface area contributed by atoms with Crippen LogP contribution in [0.1, 0.15) is 11.1 Å². The fourth-order valence-electron chi connectivity index (χ4n) is 1.52. The van der Waals surface area contributed by atoms with E-state index in [0.717, 1.165) is 22.6 Å². The average Bonchev–Trinajstić information content (AvgIpc) is 2.26. The molecule has 0 heterocycles. The van der Waals surface area contributed by atoms with E-state index in [1.165, 1.54) is 0 Å². The van der Waals surface area contributed by atoms with Crippen molar-refractivity contribution in [3.63, 3.8) is 0 Å². The van der Waals surface area contributed by atoms with Gasteiger partial charge in [-0.3, -0.25) is 0 Å². The number of nitrogens with two attached hydrogens (primary N) is 1. The summed E-state index contributed by atoms with van der Waals surface area (Å²) in [7, 11) is 3.28. The molecule has 0 spiro atoms. The van der Waals surface area contributed by atoms with Crippen LogP contribution in [-0.4, -0.2) is 20.8 Å². The average molecular weight is 211 g/mol. The van der Waals surface area contributed by atoms with Crippen LogP contribution in [0.3, 0.4) is 0 Å². The molecule has 0 radical (unpaired) electrons. The fraction of sp³-hybridized carbons (Fsp3) is 0.455. The molecule has 0 saturated heterocycles. The third-order valence-electron chi connectivity index (χ3n) is 2.22. The molecular weight excluding hydrogens is 194 g/mol. The summed E-state index contributed by atoms with van der Waals surface area (Å²) in [6, 6.07) is 3.93. The van der Waals surface area contributed by atoms with Gasteiger partial charge in [0.25, 0.3) is 0 Å². The lowest BCUT2D eigenvalue weighted by Crippen LogP contribution is -2.06. The second kappa shape index (κ2) is 5.58. The molecule has 1 rings (SSSR count). The first-order chi connectivity index (χ1) is 7.22. The molecule has 0 aliphatic carbocycles. The monoisotopic (exact) mass is 211 g/mol. The van der Waals surface area contributed by atoms with Gasteiger partial charge >= 0.3 is 0 Å². The van der Waals surface area contributed by atoms with Gasteiger partial charge in [-0.05, 0) is 24.6 Å². The molecule has 15 heavy (non-hydrogen) atoms. The normalized spacial score (nSPS) is 10.1. The van der Waals surface area contributed by atoms with Crippen LogP contribution in [0.2, 0.25) is 0 Å². The molecule has 0 bridgehead atoms. The van der Waals surface area contributed by atoms with Gasteiger partial charge in [-0.25, -0.2) is 5.90 Å². The van der Waals surface area contributed by atoms with Crippen molar-refractivity contribution in [2.45, 2.75) is 13.3 Å². The van der Waals surface area contributed by atoms with E-state index in [9.17, 15) is 0 Å². The summed E-state index contributed by atoms with van der Waals surface area (Å²) >= 11 is 0. The molecule has 1 aromatic rings. The van der Waals surface area contributed by atoms with Crippen LogP contribution in [-0.2, 0) is 11.3 Å². The highest BCUT2D eigenvalue weighted by atomic mass is 16.6. The van der Waals surface area contributed by atoms with Crippen molar-refractivity contribution < 1.29 is 14.3 Å². The minimum atomic E-state index is 0.440. The van der Waals surface area contributed by atoms with Crippen LogP contribution in [0.5, 0.6) is 11.5 Å². The number of methoxy groups -OCH3 is 2. The van der Waals surface area contributed by atoms with Gasteiger partial charge in [0.1, 0.15) is 11.5 Å². The van der Waals surface area contributed by atoms with Gasteiger partial charge in [-0.2, -0.15) is 0 Å². The van der Waals surface area contributed by atoms with Gasteiger partial charge in [0.15, 0.2) is 0 Å². The Morgan fingerprint density at radius 1 is 1.13 bits per heavy atom. The third kappa shape index (κ3) is 2.84. The van der Waals surface area contributed by atoms with E-state index < -0.39 is 0 Å². The highest BCUT2D eigenvalue weighted by Gasteiger charge is 2.10. The second-order valence-corrected chi connectivity index (χ2v) is 3.27. The molecule has 0 saturated carbocycles. The summed E-state index contributed by atoms with van der Waals surface area (Å²) in [5, 5.41) is 0. The van der Waals surface area contributed by atoms with Crippen molar-refractivity contribution in [3.05, 3.63) is 23.3 Å². The number of rotatable bonds is 5. The van der Waals surface area contributed by atoms with Gasteiger partial charge in [-0.15, -0.1) is 0 Å². The minimum Gasteiger partial charge on any atom is -0.496 e. The van der Waals surface area contributed by atoms with Crippen molar-refractivity contribution in [2.24, 2.45) is 5.90 Å². The zero-order valence-corrected chi connectivity index (χ0v) is 9.37. The van der Waals surface area contributed by atoms with Gasteiger partial charge in [-0.1, -0.05) is 0 Å². The van der Waals surface area contributed by atoms with Crippen molar-refractivity contribution in [2.75, 3.05) is 20.8 Å². The summed E-state index contributed by atoms with van der Waals surface area (Å²) < 4.78 is 10.6. The number of benzene rings is 1. The van der Waals surface area contributed by atoms with Gasteiger partial charge in [0.05, 0.1) is 20.8 Å². The van der Waals surface area contributed by atoms with Gasteiger partial charge in [0.2, 0.25) is 0 Å². The molecule has 1 aromatic carbocycles. The second-order valence-electron chi connectivity index (χ2n) is 3.27. The molecule has 0 unspecified atom stereocenters. The zero-order valence-electron chi connectivity index (χ0n) is 9.37. The first kappa shape index (κ1) is 11.8. The van der Waals surface area contributed by atoms with Crippen LogP contribution in [0.15, 0.2) is 12.1 Å². The van der Waals surface area contributed by atoms with Crippen LogP contribution < -0.4 is 15.4 Å². The van der Waals surface area contributed by atoms with Crippen molar-refractivity contribution >= 4 is 0 Å². The van der Waals surface area contributed by atoms with Crippen molar-refractivity contribution in [1.82, 2.24) is 0 Å². The standard InChI is InChI=1S/C11H17NO3/c1-8-6-10(13-2)9(4-5-15-12)11(7-8)14-3/h6-7H,4-5,12H2,1-3H3. The fourth-order valence-corrected chi connectivity index (χ4v) is 1.52. The summed E-state index contributed by atoms with van der Waals surface area (Å²) in [6.07, 6.45) is 0.670. The van der Waals surface area contributed by atoms with E-state index >= 15 is 0 Å². The summed E-state index contributed by atoms with van der Waals surface area (Å²) in [5.74, 6) is 6.63. The van der Waals surface area contributed by atoms with E-state index in [2.05, 4.69) is 4.84 Å². The molecule has 0 atom stereocenters. The Balaban J connectivity index is 3.06. The van der Waals surface area contributed by atoms with Crippen LogP contribution in [0.4, 0.5) is 0 Å². The van der Waals surface area contributed by atoms with Crippen LogP contribution in [0, 0.1) is 6.92 Å². The Hall–Kier alpha value is -1.26. The molecule has 0 aromatic heterocycles. The number of hydrogen-bond acceptors (Lipinski definition) is 4. The summed E-state index contributed by atoms with van der Waals surface area (Å²) in [4.78, 5) is 4.56. The molecule has 0 aliphatic heterocycles. The summed E-state index contributed by atoms with van der Waals surface area (Å²) in [6.45, 7) is 2.43. The lowest BCUT2D eigenvalue weighted by Gasteiger charge is -2.13. The molecule has 0 fully saturated rings. The maximum atomic E-state index is 5.29. The molecule has 0 amide bonds. The van der Waals surface area contributed by atoms with Crippen molar-refractivity contribution in [3.8, 4) is 11.5 Å². The Kier molecular flexibility index (Phi) is 4.39. The van der Waals surface area contributed by atoms with Gasteiger partial charge < -0.3 is 14.3 Å². The number of hydrogen-bond donors (Lipinski definition) is 1. The van der Waals surface area contributed by atoms with Gasteiger partial charge in [0, 0.05) is 12.0 Å². The van der Waals surface area contributed by atoms with E-state index in [0.29, 0.717) is 13.0 Å². The molecule has 0 aliphatic rings. The highest BCUT2D eigenvalue weighted by Crippen LogP contribution is 2.30. The molecule has 84 valence electrons. The maximum absolute atomic E-state index is 5.29. The first-order valence-corrected chi connectivity index (χ1v) is 4.76. The number of aryl methyl sites for hydroxylation is 1. The quantitative estimate of drug-likeness (QED) is 0.749. The minimum absolute atomic E-state index is 0.440. The lowest BCUT2D eigenvalue weighted by atomic mass is 10.1. The maximum Gasteiger partial charge on any atom is 0.126 e. The molecule has 4 nitrogen and oxygen atoms in total. The molecule has 2 N–H and O–H groups in total. The zero-order chi connectivity index (χ0) is 11.3. The highest BCUT2D eigenvalue weighted by molar-refractivity contribution is 5.47. The number of ether oxygens (including phenoxy) is 2. The topological polar surface area (TPSA) is 53.7 Å². The van der Waals surface area contributed by atoms with E-state index in [1.807, 2.05) is 19.1 Å².